The fourth-order valence-electron chi connectivity index (χ4n) is 2.03. The first-order valence-corrected chi connectivity index (χ1v) is 8.35. The minimum absolute atomic E-state index is 0.0430. The van der Waals surface area contributed by atoms with Crippen molar-refractivity contribution in [3.8, 4) is 0 Å². The summed E-state index contributed by atoms with van der Waals surface area (Å²) in [7, 11) is -3.38. The average Bonchev–Trinajstić information content (AvgIpc) is 2.46. The average molecular weight is 305 g/mol. The van der Waals surface area contributed by atoms with Crippen molar-refractivity contribution in [1.29, 1.82) is 0 Å². The number of aliphatic hydroxyl groups excluding tert-OH is 1. The molecule has 2 aromatic carbocycles. The number of sulfonamides is 1. The Balaban J connectivity index is 1.98. The number of benzene rings is 2. The Bertz CT molecular complexity index is 694. The quantitative estimate of drug-likeness (QED) is 0.859. The molecule has 0 aliphatic heterocycles. The standard InChI is InChI=1S/C16H19NO3S/c1-13-3-2-4-16(9-13)10-17-21(19,20)12-15-7-5-14(11-18)6-8-15/h2-9,17-18H,10-12H2,1H3. The van der Waals surface area contributed by atoms with Crippen LogP contribution in [0.15, 0.2) is 48.5 Å². The summed E-state index contributed by atoms with van der Waals surface area (Å²) in [5.74, 6) is -0.0650. The van der Waals surface area contributed by atoms with Gasteiger partial charge in [0.2, 0.25) is 10.0 Å². The van der Waals surface area contributed by atoms with Gasteiger partial charge in [-0.25, -0.2) is 13.1 Å². The molecule has 21 heavy (non-hydrogen) atoms. The summed E-state index contributed by atoms with van der Waals surface area (Å²) < 4.78 is 26.7. The van der Waals surface area contributed by atoms with Crippen molar-refractivity contribution < 1.29 is 13.5 Å². The highest BCUT2D eigenvalue weighted by Crippen LogP contribution is 2.09. The molecule has 5 heteroatoms. The lowest BCUT2D eigenvalue weighted by atomic mass is 10.1. The van der Waals surface area contributed by atoms with Gasteiger partial charge >= 0.3 is 0 Å². The summed E-state index contributed by atoms with van der Waals surface area (Å²) in [6.45, 7) is 2.22. The number of hydrogen-bond donors (Lipinski definition) is 2. The fraction of sp³-hybridized carbons (Fsp3) is 0.250. The number of hydrogen-bond acceptors (Lipinski definition) is 3. The van der Waals surface area contributed by atoms with Gasteiger partial charge < -0.3 is 5.11 Å². The van der Waals surface area contributed by atoms with Crippen LogP contribution in [-0.4, -0.2) is 13.5 Å². The van der Waals surface area contributed by atoms with Crippen molar-refractivity contribution in [1.82, 2.24) is 4.72 Å². The van der Waals surface area contributed by atoms with E-state index >= 15 is 0 Å². The third-order valence-electron chi connectivity index (χ3n) is 3.14. The lowest BCUT2D eigenvalue weighted by Gasteiger charge is -2.08. The van der Waals surface area contributed by atoms with Crippen LogP contribution in [0.1, 0.15) is 22.3 Å². The molecule has 112 valence electrons. The molecule has 0 heterocycles. The van der Waals surface area contributed by atoms with Crippen LogP contribution >= 0.6 is 0 Å². The first-order valence-electron chi connectivity index (χ1n) is 6.70. The molecule has 4 nitrogen and oxygen atoms in total. The van der Waals surface area contributed by atoms with Gasteiger partial charge in [-0.1, -0.05) is 54.1 Å². The topological polar surface area (TPSA) is 66.4 Å². The van der Waals surface area contributed by atoms with Crippen LogP contribution < -0.4 is 4.72 Å². The van der Waals surface area contributed by atoms with E-state index in [1.165, 1.54) is 0 Å². The van der Waals surface area contributed by atoms with Crippen molar-refractivity contribution in [3.63, 3.8) is 0 Å². The van der Waals surface area contributed by atoms with E-state index in [2.05, 4.69) is 4.72 Å². The third-order valence-corrected chi connectivity index (χ3v) is 4.44. The van der Waals surface area contributed by atoms with E-state index in [0.717, 1.165) is 16.7 Å². The molecule has 2 aromatic rings. The van der Waals surface area contributed by atoms with Gasteiger partial charge in [0.1, 0.15) is 0 Å². The van der Waals surface area contributed by atoms with E-state index in [1.54, 1.807) is 24.3 Å². The van der Waals surface area contributed by atoms with Crippen LogP contribution in [0.2, 0.25) is 0 Å². The normalized spacial score (nSPS) is 11.5. The number of aliphatic hydroxyl groups is 1. The molecule has 0 fully saturated rings. The Kier molecular flexibility index (Phi) is 5.12. The summed E-state index contributed by atoms with van der Waals surface area (Å²) in [5, 5.41) is 8.96. The van der Waals surface area contributed by atoms with Gasteiger partial charge in [-0.15, -0.1) is 0 Å². The molecule has 2 rings (SSSR count). The minimum Gasteiger partial charge on any atom is -0.392 e. The third kappa shape index (κ3) is 4.97. The zero-order chi connectivity index (χ0) is 15.3. The molecule has 0 saturated heterocycles. The van der Waals surface area contributed by atoms with Crippen molar-refractivity contribution in [2.45, 2.75) is 25.8 Å². The molecule has 0 amide bonds. The SMILES string of the molecule is Cc1cccc(CNS(=O)(=O)Cc2ccc(CO)cc2)c1. The van der Waals surface area contributed by atoms with E-state index in [-0.39, 0.29) is 12.4 Å². The van der Waals surface area contributed by atoms with E-state index < -0.39 is 10.0 Å². The van der Waals surface area contributed by atoms with Crippen molar-refractivity contribution in [2.24, 2.45) is 0 Å². The molecule has 0 saturated carbocycles. The molecule has 2 N–H and O–H groups in total. The largest absolute Gasteiger partial charge is 0.392 e. The Morgan fingerprint density at radius 1 is 1.00 bits per heavy atom. The van der Waals surface area contributed by atoms with Gasteiger partial charge in [0, 0.05) is 6.54 Å². The van der Waals surface area contributed by atoms with Gasteiger partial charge in [0.15, 0.2) is 0 Å². The van der Waals surface area contributed by atoms with Crippen molar-refractivity contribution >= 4 is 10.0 Å². The zero-order valence-electron chi connectivity index (χ0n) is 11.9. The first kappa shape index (κ1) is 15.7. The second kappa shape index (κ2) is 6.85. The van der Waals surface area contributed by atoms with E-state index in [9.17, 15) is 8.42 Å². The van der Waals surface area contributed by atoms with Crippen LogP contribution in [-0.2, 0) is 28.9 Å². The predicted octanol–water partition coefficient (Wildman–Crippen LogP) is 2.11. The molecule has 0 radical (unpaired) electrons. The Morgan fingerprint density at radius 3 is 2.29 bits per heavy atom. The molecule has 0 aliphatic rings. The van der Waals surface area contributed by atoms with E-state index in [1.807, 2.05) is 31.2 Å². The van der Waals surface area contributed by atoms with Gasteiger partial charge in [-0.05, 0) is 23.6 Å². The lowest BCUT2D eigenvalue weighted by molar-refractivity contribution is 0.282. The fourth-order valence-corrected chi connectivity index (χ4v) is 3.15. The lowest BCUT2D eigenvalue weighted by Crippen LogP contribution is -2.24. The maximum Gasteiger partial charge on any atom is 0.216 e. The monoisotopic (exact) mass is 305 g/mol. The van der Waals surface area contributed by atoms with Crippen molar-refractivity contribution in [3.05, 3.63) is 70.8 Å². The summed E-state index contributed by atoms with van der Waals surface area (Å²) in [6.07, 6.45) is 0. The summed E-state index contributed by atoms with van der Waals surface area (Å²) >= 11 is 0. The minimum atomic E-state index is -3.38. The maximum atomic E-state index is 12.1. The van der Waals surface area contributed by atoms with Crippen LogP contribution in [0.5, 0.6) is 0 Å². The van der Waals surface area contributed by atoms with Gasteiger partial charge in [-0.3, -0.25) is 0 Å². The van der Waals surface area contributed by atoms with Gasteiger partial charge in [-0.2, -0.15) is 0 Å². The number of rotatable bonds is 6. The van der Waals surface area contributed by atoms with Gasteiger partial charge in [0.05, 0.1) is 12.4 Å². The Morgan fingerprint density at radius 2 is 1.67 bits per heavy atom. The Hall–Kier alpha value is -1.69. The van der Waals surface area contributed by atoms with E-state index in [0.29, 0.717) is 12.1 Å². The smallest absolute Gasteiger partial charge is 0.216 e. The van der Waals surface area contributed by atoms with E-state index in [4.69, 9.17) is 5.11 Å². The Labute approximate surface area is 125 Å². The summed E-state index contributed by atoms with van der Waals surface area (Å²) in [6, 6.07) is 14.6. The molecule has 0 unspecified atom stereocenters. The first-order chi connectivity index (χ1) is 9.98. The molecule has 0 spiro atoms. The molecule has 0 aliphatic carbocycles. The van der Waals surface area contributed by atoms with Crippen LogP contribution in [0, 0.1) is 6.92 Å². The zero-order valence-corrected chi connectivity index (χ0v) is 12.7. The highest BCUT2D eigenvalue weighted by Gasteiger charge is 2.11. The van der Waals surface area contributed by atoms with Crippen LogP contribution in [0.25, 0.3) is 0 Å². The highest BCUT2D eigenvalue weighted by molar-refractivity contribution is 7.88. The van der Waals surface area contributed by atoms with Gasteiger partial charge in [0.25, 0.3) is 0 Å². The summed E-state index contributed by atoms with van der Waals surface area (Å²) in [5.41, 5.74) is 3.51. The predicted molar refractivity (Wildman–Crippen MR) is 83.0 cm³/mol. The molecule has 0 aromatic heterocycles. The molecule has 0 bridgehead atoms. The summed E-state index contributed by atoms with van der Waals surface area (Å²) in [4.78, 5) is 0. The van der Waals surface area contributed by atoms with Crippen LogP contribution in [0.3, 0.4) is 0 Å². The van der Waals surface area contributed by atoms with Crippen molar-refractivity contribution in [2.75, 3.05) is 0 Å². The molecular weight excluding hydrogens is 286 g/mol. The second-order valence-electron chi connectivity index (χ2n) is 5.04. The highest BCUT2D eigenvalue weighted by atomic mass is 32.2. The second-order valence-corrected chi connectivity index (χ2v) is 6.85. The molecular formula is C16H19NO3S. The molecule has 0 atom stereocenters. The number of nitrogens with one attached hydrogen (secondary N) is 1. The number of aryl methyl sites for hydroxylation is 1. The maximum absolute atomic E-state index is 12.1. The van der Waals surface area contributed by atoms with Crippen LogP contribution in [0.4, 0.5) is 0 Å².